The SMILES string of the molecule is COc1cccc(C2CNC2)c1OC. The highest BCUT2D eigenvalue weighted by Crippen LogP contribution is 2.36. The van der Waals surface area contributed by atoms with E-state index in [-0.39, 0.29) is 0 Å². The number of para-hydroxylation sites is 1. The average molecular weight is 193 g/mol. The molecule has 2 rings (SSSR count). The molecule has 0 aliphatic carbocycles. The highest BCUT2D eigenvalue weighted by atomic mass is 16.5. The van der Waals surface area contributed by atoms with Gasteiger partial charge in [0.1, 0.15) is 0 Å². The van der Waals surface area contributed by atoms with Crippen molar-refractivity contribution in [3.05, 3.63) is 23.8 Å². The second-order valence-corrected chi connectivity index (χ2v) is 3.44. The van der Waals surface area contributed by atoms with Gasteiger partial charge in [-0.15, -0.1) is 0 Å². The van der Waals surface area contributed by atoms with Crippen LogP contribution in [0, 0.1) is 0 Å². The summed E-state index contributed by atoms with van der Waals surface area (Å²) >= 11 is 0. The van der Waals surface area contributed by atoms with Crippen LogP contribution in [-0.4, -0.2) is 27.3 Å². The standard InChI is InChI=1S/C11H15NO2/c1-13-10-5-3-4-9(11(10)14-2)8-6-12-7-8/h3-5,8,12H,6-7H2,1-2H3. The lowest BCUT2D eigenvalue weighted by molar-refractivity contribution is 0.341. The number of hydrogen-bond donors (Lipinski definition) is 1. The highest BCUT2D eigenvalue weighted by molar-refractivity contribution is 5.49. The first kappa shape index (κ1) is 9.34. The van der Waals surface area contributed by atoms with Crippen LogP contribution in [0.2, 0.25) is 0 Å². The van der Waals surface area contributed by atoms with Crippen LogP contribution in [0.15, 0.2) is 18.2 Å². The molecule has 1 aliphatic rings. The fraction of sp³-hybridized carbons (Fsp3) is 0.455. The summed E-state index contributed by atoms with van der Waals surface area (Å²) in [6, 6.07) is 6.04. The molecule has 1 heterocycles. The predicted octanol–water partition coefficient (Wildman–Crippen LogP) is 1.39. The van der Waals surface area contributed by atoms with Crippen LogP contribution in [0.4, 0.5) is 0 Å². The molecule has 0 atom stereocenters. The Morgan fingerprint density at radius 2 is 2.00 bits per heavy atom. The molecule has 1 aromatic carbocycles. The smallest absolute Gasteiger partial charge is 0.164 e. The molecule has 76 valence electrons. The summed E-state index contributed by atoms with van der Waals surface area (Å²) in [5.41, 5.74) is 1.24. The van der Waals surface area contributed by atoms with Gasteiger partial charge in [0.15, 0.2) is 11.5 Å². The second-order valence-electron chi connectivity index (χ2n) is 3.44. The molecule has 0 spiro atoms. The van der Waals surface area contributed by atoms with E-state index >= 15 is 0 Å². The van der Waals surface area contributed by atoms with Gasteiger partial charge in [-0.1, -0.05) is 12.1 Å². The molecule has 0 aromatic heterocycles. The maximum atomic E-state index is 5.37. The van der Waals surface area contributed by atoms with Crippen molar-refractivity contribution in [2.45, 2.75) is 5.92 Å². The largest absolute Gasteiger partial charge is 0.493 e. The quantitative estimate of drug-likeness (QED) is 0.787. The van der Waals surface area contributed by atoms with Crippen molar-refractivity contribution in [2.75, 3.05) is 27.3 Å². The number of hydrogen-bond acceptors (Lipinski definition) is 3. The van der Waals surface area contributed by atoms with Crippen molar-refractivity contribution in [1.82, 2.24) is 5.32 Å². The van der Waals surface area contributed by atoms with E-state index in [0.29, 0.717) is 5.92 Å². The van der Waals surface area contributed by atoms with Crippen LogP contribution in [0.5, 0.6) is 11.5 Å². The molecular weight excluding hydrogens is 178 g/mol. The maximum Gasteiger partial charge on any atom is 0.164 e. The van der Waals surface area contributed by atoms with Crippen LogP contribution >= 0.6 is 0 Å². The van der Waals surface area contributed by atoms with Crippen molar-refractivity contribution < 1.29 is 9.47 Å². The summed E-state index contributed by atoms with van der Waals surface area (Å²) in [5.74, 6) is 2.26. The van der Waals surface area contributed by atoms with Gasteiger partial charge < -0.3 is 14.8 Å². The zero-order valence-electron chi connectivity index (χ0n) is 8.54. The number of benzene rings is 1. The van der Waals surface area contributed by atoms with Crippen LogP contribution < -0.4 is 14.8 Å². The van der Waals surface area contributed by atoms with Crippen LogP contribution in [0.1, 0.15) is 11.5 Å². The number of rotatable bonds is 3. The zero-order chi connectivity index (χ0) is 9.97. The van der Waals surface area contributed by atoms with Crippen LogP contribution in [0.25, 0.3) is 0 Å². The third-order valence-electron chi connectivity index (χ3n) is 2.65. The molecule has 0 radical (unpaired) electrons. The Balaban J connectivity index is 2.36. The summed E-state index contributed by atoms with van der Waals surface area (Å²) in [6.45, 7) is 2.06. The topological polar surface area (TPSA) is 30.5 Å². The van der Waals surface area contributed by atoms with E-state index in [1.807, 2.05) is 12.1 Å². The van der Waals surface area contributed by atoms with Crippen LogP contribution in [0.3, 0.4) is 0 Å². The molecule has 1 aliphatic heterocycles. The van der Waals surface area contributed by atoms with E-state index in [0.717, 1.165) is 24.6 Å². The van der Waals surface area contributed by atoms with Crippen molar-refractivity contribution in [2.24, 2.45) is 0 Å². The van der Waals surface area contributed by atoms with E-state index in [4.69, 9.17) is 9.47 Å². The predicted molar refractivity (Wildman–Crippen MR) is 55.2 cm³/mol. The Hall–Kier alpha value is -1.22. The van der Waals surface area contributed by atoms with Gasteiger partial charge in [0.2, 0.25) is 0 Å². The Kier molecular flexibility index (Phi) is 2.59. The molecule has 14 heavy (non-hydrogen) atoms. The molecular formula is C11H15NO2. The first-order valence-electron chi connectivity index (χ1n) is 4.78. The van der Waals surface area contributed by atoms with Gasteiger partial charge in [0, 0.05) is 24.6 Å². The maximum absolute atomic E-state index is 5.37. The van der Waals surface area contributed by atoms with E-state index in [1.54, 1.807) is 14.2 Å². The molecule has 0 saturated carbocycles. The Bertz CT molecular complexity index is 321. The lowest BCUT2D eigenvalue weighted by Crippen LogP contribution is -2.40. The van der Waals surface area contributed by atoms with Crippen LogP contribution in [-0.2, 0) is 0 Å². The normalized spacial score (nSPS) is 16.1. The summed E-state index contributed by atoms with van der Waals surface area (Å²) in [5, 5.41) is 3.25. The highest BCUT2D eigenvalue weighted by Gasteiger charge is 2.23. The molecule has 1 aromatic rings. The molecule has 0 unspecified atom stereocenters. The fourth-order valence-corrected chi connectivity index (χ4v) is 1.74. The summed E-state index contributed by atoms with van der Waals surface area (Å²) in [4.78, 5) is 0. The molecule has 3 heteroatoms. The minimum Gasteiger partial charge on any atom is -0.493 e. The van der Waals surface area contributed by atoms with E-state index in [2.05, 4.69) is 11.4 Å². The Morgan fingerprint density at radius 1 is 1.21 bits per heavy atom. The first-order valence-corrected chi connectivity index (χ1v) is 4.78. The number of nitrogens with one attached hydrogen (secondary N) is 1. The summed E-state index contributed by atoms with van der Waals surface area (Å²) in [7, 11) is 3.36. The average Bonchev–Trinajstić information content (AvgIpc) is 2.15. The number of ether oxygens (including phenoxy) is 2. The molecule has 0 bridgehead atoms. The fourth-order valence-electron chi connectivity index (χ4n) is 1.74. The Morgan fingerprint density at radius 3 is 2.50 bits per heavy atom. The van der Waals surface area contributed by atoms with Gasteiger partial charge in [0.05, 0.1) is 14.2 Å². The van der Waals surface area contributed by atoms with Gasteiger partial charge in [-0.25, -0.2) is 0 Å². The van der Waals surface area contributed by atoms with E-state index in [1.165, 1.54) is 5.56 Å². The van der Waals surface area contributed by atoms with Crippen molar-refractivity contribution in [3.8, 4) is 11.5 Å². The van der Waals surface area contributed by atoms with E-state index < -0.39 is 0 Å². The van der Waals surface area contributed by atoms with Gasteiger partial charge >= 0.3 is 0 Å². The first-order chi connectivity index (χ1) is 6.86. The molecule has 0 amide bonds. The molecule has 3 nitrogen and oxygen atoms in total. The molecule has 1 saturated heterocycles. The van der Waals surface area contributed by atoms with Gasteiger partial charge in [-0.3, -0.25) is 0 Å². The van der Waals surface area contributed by atoms with Crippen molar-refractivity contribution >= 4 is 0 Å². The molecule has 1 N–H and O–H groups in total. The minimum atomic E-state index is 0.569. The Labute approximate surface area is 84.0 Å². The lowest BCUT2D eigenvalue weighted by atomic mass is 9.93. The van der Waals surface area contributed by atoms with Crippen molar-refractivity contribution in [1.29, 1.82) is 0 Å². The van der Waals surface area contributed by atoms with Crippen molar-refractivity contribution in [3.63, 3.8) is 0 Å². The van der Waals surface area contributed by atoms with E-state index in [9.17, 15) is 0 Å². The van der Waals surface area contributed by atoms with Gasteiger partial charge in [0.25, 0.3) is 0 Å². The van der Waals surface area contributed by atoms with Gasteiger partial charge in [-0.2, -0.15) is 0 Å². The monoisotopic (exact) mass is 193 g/mol. The van der Waals surface area contributed by atoms with Gasteiger partial charge in [-0.05, 0) is 6.07 Å². The zero-order valence-corrected chi connectivity index (χ0v) is 8.54. The third kappa shape index (κ3) is 1.44. The minimum absolute atomic E-state index is 0.569. The third-order valence-corrected chi connectivity index (χ3v) is 2.65. The summed E-state index contributed by atoms with van der Waals surface area (Å²) in [6.07, 6.45) is 0. The summed E-state index contributed by atoms with van der Waals surface area (Å²) < 4.78 is 10.6. The second kappa shape index (κ2) is 3.88. The lowest BCUT2D eigenvalue weighted by Gasteiger charge is -2.29. The molecule has 1 fully saturated rings. The number of methoxy groups -OCH3 is 2.